The fourth-order valence-corrected chi connectivity index (χ4v) is 16.4. The van der Waals surface area contributed by atoms with Gasteiger partial charge in [-0.25, -0.2) is 0 Å². The van der Waals surface area contributed by atoms with Crippen LogP contribution in [0.15, 0.2) is 155 Å². The van der Waals surface area contributed by atoms with Crippen molar-refractivity contribution in [3.8, 4) is 0 Å². The Morgan fingerprint density at radius 1 is 0.457 bits per heavy atom. The van der Waals surface area contributed by atoms with E-state index in [1.54, 1.807) is 33.4 Å². The lowest BCUT2D eigenvalue weighted by Crippen LogP contribution is -2.39. The number of fused-ring (bicyclic) bond motifs is 12. The van der Waals surface area contributed by atoms with E-state index in [-0.39, 0.29) is 44.7 Å². The van der Waals surface area contributed by atoms with Crippen LogP contribution in [0.4, 0.5) is 0 Å². The summed E-state index contributed by atoms with van der Waals surface area (Å²) in [5.74, 6) is 0.800. The Morgan fingerprint density at radius 2 is 0.900 bits per heavy atom. The van der Waals surface area contributed by atoms with Crippen LogP contribution < -0.4 is 0 Å². The highest BCUT2D eigenvalue weighted by atomic mass is 16.3. The van der Waals surface area contributed by atoms with Gasteiger partial charge in [0.1, 0.15) is 0 Å². The molecule has 0 spiro atoms. The van der Waals surface area contributed by atoms with Crippen molar-refractivity contribution in [2.45, 2.75) is 181 Å². The summed E-state index contributed by atoms with van der Waals surface area (Å²) in [6.07, 6.45) is 29.9. The zero-order chi connectivity index (χ0) is 49.0. The molecule has 0 unspecified atom stereocenters. The van der Waals surface area contributed by atoms with Crippen LogP contribution in [0.25, 0.3) is 0 Å². The third-order valence-electron chi connectivity index (χ3n) is 19.8. The lowest BCUT2D eigenvalue weighted by Gasteiger charge is -2.46. The van der Waals surface area contributed by atoms with E-state index in [0.717, 1.165) is 70.1 Å². The lowest BCUT2D eigenvalue weighted by atomic mass is 9.57. The molecule has 13 rings (SSSR count). The van der Waals surface area contributed by atoms with Crippen LogP contribution in [0, 0.1) is 42.9 Å². The Bertz CT molecular complexity index is 2950. The second-order valence-electron chi connectivity index (χ2n) is 24.9. The molecule has 4 aromatic rings. The standard InChI is InChI=1S/C27H30.C21H26O.C20H24O/c1-19-9-11-23-22(15-19)10-12-24-25-16-20(2)17-26(25,3)13-14-27(23,24)18-21-7-5-4-6-8-21;1-4-21-10-9-20(3)13-16(22)12-19(20)18(21)8-6-15-11-14(2)5-7-17(15)21;1-13-4-6-16-14(10-13)5-7-17-18-11-15(21)12-19(18,2)8-9-20(16,17)3/h4-9,11,13-15,20H,10,12,16-18H2,1-3H3;5,7,9-11,16,22H,4,6,8,12-13H2,1-3H3;4,6,8-10,15,21H,5,7,11-12H2,1-3H3/t20-,26-,27-;16-,20-,21+;15-,19-,20+/m111/s1. The molecule has 4 aromatic carbocycles. The van der Waals surface area contributed by atoms with E-state index in [2.05, 4.69) is 184 Å². The second-order valence-corrected chi connectivity index (χ2v) is 24.9. The van der Waals surface area contributed by atoms with Crippen molar-refractivity contribution in [3.05, 3.63) is 210 Å². The minimum Gasteiger partial charge on any atom is -0.393 e. The first-order valence-corrected chi connectivity index (χ1v) is 27.4. The summed E-state index contributed by atoms with van der Waals surface area (Å²) in [5, 5.41) is 20.4. The van der Waals surface area contributed by atoms with Gasteiger partial charge in [-0.15, -0.1) is 0 Å². The van der Waals surface area contributed by atoms with Crippen molar-refractivity contribution in [3.63, 3.8) is 0 Å². The number of aliphatic hydroxyl groups excluding tert-OH is 2. The number of hydrogen-bond acceptors (Lipinski definition) is 2. The van der Waals surface area contributed by atoms with Crippen LogP contribution in [0.3, 0.4) is 0 Å². The zero-order valence-electron chi connectivity index (χ0n) is 44.1. The summed E-state index contributed by atoms with van der Waals surface area (Å²) in [6, 6.07) is 32.2. The van der Waals surface area contributed by atoms with Crippen LogP contribution in [0.2, 0.25) is 0 Å². The Morgan fingerprint density at radius 3 is 1.47 bits per heavy atom. The Hall–Kier alpha value is -4.76. The van der Waals surface area contributed by atoms with Crippen molar-refractivity contribution in [2.24, 2.45) is 22.2 Å². The fourth-order valence-electron chi connectivity index (χ4n) is 16.4. The molecule has 9 aliphatic rings. The molecule has 0 heterocycles. The first-order chi connectivity index (χ1) is 33.4. The Labute approximate surface area is 421 Å². The van der Waals surface area contributed by atoms with Crippen molar-refractivity contribution in [1.29, 1.82) is 0 Å². The molecular weight excluding hydrogens is 849 g/mol. The molecule has 0 aliphatic heterocycles. The maximum absolute atomic E-state index is 10.2. The molecule has 2 nitrogen and oxygen atoms in total. The Kier molecular flexibility index (Phi) is 11.7. The van der Waals surface area contributed by atoms with Crippen LogP contribution in [-0.2, 0) is 41.9 Å². The number of benzene rings is 4. The van der Waals surface area contributed by atoms with Gasteiger partial charge in [0.25, 0.3) is 0 Å². The predicted octanol–water partition coefficient (Wildman–Crippen LogP) is 15.6. The van der Waals surface area contributed by atoms with E-state index in [1.165, 1.54) is 81.3 Å². The first kappa shape index (κ1) is 47.6. The van der Waals surface area contributed by atoms with Crippen LogP contribution in [0.5, 0.6) is 0 Å². The maximum Gasteiger partial charge on any atom is 0.0589 e. The van der Waals surface area contributed by atoms with Gasteiger partial charge in [-0.2, -0.15) is 0 Å². The average Bonchev–Trinajstić information content (AvgIpc) is 3.95. The highest BCUT2D eigenvalue weighted by molar-refractivity contribution is 5.60. The molecule has 0 bridgehead atoms. The topological polar surface area (TPSA) is 40.5 Å². The molecule has 2 N–H and O–H groups in total. The minimum absolute atomic E-state index is 0.0419. The number of aliphatic hydroxyl groups is 2. The van der Waals surface area contributed by atoms with Gasteiger partial charge in [-0.1, -0.05) is 206 Å². The SMILES string of the molecule is CC[C@@]12C=C[C@]3(C)C[C@H](O)CC3=C1CCc1cc(C)ccc12.Cc1ccc2c(c1)CCC1=C3C[C@@H](C)C[C@@]3(C)C=C[C@]12Cc1ccccc1.Cc1ccc2c(c1)CCC1=C3C[C@@H](O)C[C@@]3(C)C=C[C@]12C. The predicted molar refractivity (Wildman–Crippen MR) is 291 cm³/mol. The summed E-state index contributed by atoms with van der Waals surface area (Å²) < 4.78 is 0. The van der Waals surface area contributed by atoms with E-state index in [9.17, 15) is 10.2 Å². The molecule has 3 fully saturated rings. The quantitative estimate of drug-likeness (QED) is 0.201. The second kappa shape index (κ2) is 17.2. The van der Waals surface area contributed by atoms with Gasteiger partial charge >= 0.3 is 0 Å². The van der Waals surface area contributed by atoms with Gasteiger partial charge in [-0.3, -0.25) is 0 Å². The minimum atomic E-state index is -0.163. The summed E-state index contributed by atoms with van der Waals surface area (Å²) in [7, 11) is 0. The van der Waals surface area contributed by atoms with Crippen LogP contribution >= 0.6 is 0 Å². The molecule has 70 heavy (non-hydrogen) atoms. The van der Waals surface area contributed by atoms with E-state index in [4.69, 9.17) is 0 Å². The summed E-state index contributed by atoms with van der Waals surface area (Å²) >= 11 is 0. The molecule has 0 radical (unpaired) electrons. The normalized spacial score (nSPS) is 34.6. The van der Waals surface area contributed by atoms with Crippen molar-refractivity contribution in [2.75, 3.05) is 0 Å². The summed E-state index contributed by atoms with van der Waals surface area (Å²) in [4.78, 5) is 0. The molecule has 0 amide bonds. The highest BCUT2D eigenvalue weighted by Crippen LogP contribution is 2.61. The van der Waals surface area contributed by atoms with Gasteiger partial charge in [0.15, 0.2) is 0 Å². The van der Waals surface area contributed by atoms with E-state index < -0.39 is 0 Å². The number of aryl methyl sites for hydroxylation is 6. The van der Waals surface area contributed by atoms with E-state index in [1.807, 2.05) is 0 Å². The fraction of sp³-hybridized carbons (Fsp3) is 0.471. The molecule has 364 valence electrons. The first-order valence-electron chi connectivity index (χ1n) is 27.4. The van der Waals surface area contributed by atoms with Crippen molar-refractivity contribution < 1.29 is 10.2 Å². The van der Waals surface area contributed by atoms with Gasteiger partial charge < -0.3 is 10.2 Å². The highest BCUT2D eigenvalue weighted by Gasteiger charge is 2.51. The number of hydrogen-bond donors (Lipinski definition) is 2. The lowest BCUT2D eigenvalue weighted by molar-refractivity contribution is 0.172. The van der Waals surface area contributed by atoms with Gasteiger partial charge in [0.2, 0.25) is 0 Å². The Balaban J connectivity index is 0.000000115. The molecule has 3 saturated carbocycles. The van der Waals surface area contributed by atoms with Gasteiger partial charge in [-0.05, 0) is 162 Å². The molecule has 9 aliphatic carbocycles. The number of rotatable bonds is 3. The zero-order valence-corrected chi connectivity index (χ0v) is 44.1. The molecule has 9 atom stereocenters. The molecule has 0 saturated heterocycles. The van der Waals surface area contributed by atoms with Crippen molar-refractivity contribution >= 4 is 0 Å². The van der Waals surface area contributed by atoms with Gasteiger partial charge in [0.05, 0.1) is 12.2 Å². The molecule has 0 aromatic heterocycles. The maximum atomic E-state index is 10.2. The molecule has 2 heteroatoms. The molecular formula is C68H80O2. The summed E-state index contributed by atoms with van der Waals surface area (Å²) in [6.45, 7) is 20.8. The smallest absolute Gasteiger partial charge is 0.0589 e. The van der Waals surface area contributed by atoms with Crippen molar-refractivity contribution in [1.82, 2.24) is 0 Å². The van der Waals surface area contributed by atoms with Gasteiger partial charge in [0, 0.05) is 32.5 Å². The van der Waals surface area contributed by atoms with Crippen LogP contribution in [0.1, 0.15) is 161 Å². The monoisotopic (exact) mass is 929 g/mol. The van der Waals surface area contributed by atoms with Crippen LogP contribution in [-0.4, -0.2) is 22.4 Å². The van der Waals surface area contributed by atoms with E-state index >= 15 is 0 Å². The van der Waals surface area contributed by atoms with E-state index in [0.29, 0.717) is 0 Å². The number of allylic oxidation sites excluding steroid dienone is 10. The third kappa shape index (κ3) is 7.63. The average molecular weight is 929 g/mol. The summed E-state index contributed by atoms with van der Waals surface area (Å²) in [5.41, 5.74) is 25.1. The third-order valence-corrected chi connectivity index (χ3v) is 19.8. The largest absolute Gasteiger partial charge is 0.393 e.